The molecule has 0 saturated heterocycles. The molecular formula is C24H23N5O6. The lowest BCUT2D eigenvalue weighted by Gasteiger charge is -2.14. The van der Waals surface area contributed by atoms with E-state index in [1.54, 1.807) is 25.1 Å². The number of nitro benzene ring substituents is 1. The largest absolute Gasteiger partial charge is 0.493 e. The predicted octanol–water partition coefficient (Wildman–Crippen LogP) is 4.63. The number of nitrogens with zero attached hydrogens (tertiary/aromatic N) is 5. The number of hydrogen-bond donors (Lipinski definition) is 1. The van der Waals surface area contributed by atoms with Crippen LogP contribution in [0.5, 0.6) is 17.4 Å². The van der Waals surface area contributed by atoms with Crippen molar-refractivity contribution in [2.75, 3.05) is 14.2 Å². The lowest BCUT2D eigenvalue weighted by atomic mass is 10.1. The summed E-state index contributed by atoms with van der Waals surface area (Å²) >= 11 is 0. The lowest BCUT2D eigenvalue weighted by Crippen LogP contribution is -2.23. The van der Waals surface area contributed by atoms with E-state index in [-0.39, 0.29) is 29.0 Å². The van der Waals surface area contributed by atoms with Crippen molar-refractivity contribution in [1.29, 1.82) is 5.26 Å². The Bertz CT molecular complexity index is 1420. The highest BCUT2D eigenvalue weighted by Crippen LogP contribution is 2.30. The summed E-state index contributed by atoms with van der Waals surface area (Å²) in [6, 6.07) is 11.3. The Morgan fingerprint density at radius 3 is 2.43 bits per heavy atom. The maximum atomic E-state index is 13.2. The zero-order valence-corrected chi connectivity index (χ0v) is 19.6. The van der Waals surface area contributed by atoms with Crippen molar-refractivity contribution in [3.8, 4) is 23.4 Å². The molecule has 0 spiro atoms. The Labute approximate surface area is 200 Å². The maximum Gasteiger partial charge on any atom is 0.281 e. The van der Waals surface area contributed by atoms with Crippen molar-refractivity contribution in [3.63, 3.8) is 0 Å². The second-order valence-corrected chi connectivity index (χ2v) is 7.61. The maximum absolute atomic E-state index is 13.2. The van der Waals surface area contributed by atoms with Gasteiger partial charge in [0.1, 0.15) is 11.6 Å². The normalized spacial score (nSPS) is 10.8. The first kappa shape index (κ1) is 24.9. The molecule has 0 bridgehead atoms. The van der Waals surface area contributed by atoms with E-state index in [4.69, 9.17) is 9.47 Å². The summed E-state index contributed by atoms with van der Waals surface area (Å²) in [5.41, 5.74) is 0.912. The molecule has 2 aromatic carbocycles. The average Bonchev–Trinajstić information content (AvgIpc) is 2.84. The highest BCUT2D eigenvalue weighted by molar-refractivity contribution is 5.57. The van der Waals surface area contributed by atoms with E-state index < -0.39 is 16.4 Å². The molecule has 0 aliphatic carbocycles. The van der Waals surface area contributed by atoms with Gasteiger partial charge in [0.2, 0.25) is 5.88 Å². The molecule has 35 heavy (non-hydrogen) atoms. The summed E-state index contributed by atoms with van der Waals surface area (Å²) < 4.78 is 11.6. The van der Waals surface area contributed by atoms with E-state index in [9.17, 15) is 25.3 Å². The van der Waals surface area contributed by atoms with Gasteiger partial charge in [-0.1, -0.05) is 6.07 Å². The topological polar surface area (TPSA) is 152 Å². The summed E-state index contributed by atoms with van der Waals surface area (Å²) in [5, 5.41) is 39.2. The predicted molar refractivity (Wildman–Crippen MR) is 127 cm³/mol. The molecular weight excluding hydrogens is 454 g/mol. The number of aryl methyl sites for hydroxylation is 2. The van der Waals surface area contributed by atoms with Gasteiger partial charge in [-0.2, -0.15) is 10.4 Å². The number of nitro groups is 1. The summed E-state index contributed by atoms with van der Waals surface area (Å²) in [6.07, 6.45) is 0.347. The molecule has 180 valence electrons. The van der Waals surface area contributed by atoms with Gasteiger partial charge in [-0.3, -0.25) is 19.5 Å². The smallest absolute Gasteiger partial charge is 0.281 e. The fourth-order valence-electron chi connectivity index (χ4n) is 3.51. The van der Waals surface area contributed by atoms with Gasteiger partial charge in [0.15, 0.2) is 17.2 Å². The second kappa shape index (κ2) is 10.5. The van der Waals surface area contributed by atoms with Crippen LogP contribution in [0.25, 0.3) is 0 Å². The molecule has 0 aliphatic heterocycles. The number of nitriles is 1. The fraction of sp³-hybridized carbons (Fsp3) is 0.250. The third kappa shape index (κ3) is 5.11. The summed E-state index contributed by atoms with van der Waals surface area (Å²) in [5.74, 6) is 0.625. The van der Waals surface area contributed by atoms with Crippen molar-refractivity contribution in [3.05, 3.63) is 79.1 Å². The van der Waals surface area contributed by atoms with Crippen LogP contribution in [-0.4, -0.2) is 28.8 Å². The molecule has 11 nitrogen and oxygen atoms in total. The van der Waals surface area contributed by atoms with Gasteiger partial charge in [-0.15, -0.1) is 5.11 Å². The molecule has 0 amide bonds. The van der Waals surface area contributed by atoms with Crippen LogP contribution in [0.3, 0.4) is 0 Å². The molecule has 0 radical (unpaired) electrons. The number of rotatable bonds is 8. The molecule has 1 aromatic heterocycles. The fourth-order valence-corrected chi connectivity index (χ4v) is 3.51. The van der Waals surface area contributed by atoms with Gasteiger partial charge >= 0.3 is 0 Å². The van der Waals surface area contributed by atoms with Crippen LogP contribution >= 0.6 is 0 Å². The Hall–Kier alpha value is -4.72. The van der Waals surface area contributed by atoms with Gasteiger partial charge < -0.3 is 14.6 Å². The highest BCUT2D eigenvalue weighted by atomic mass is 16.6. The molecule has 0 fully saturated rings. The first-order chi connectivity index (χ1) is 16.7. The van der Waals surface area contributed by atoms with Gasteiger partial charge in [-0.25, -0.2) is 0 Å². The zero-order chi connectivity index (χ0) is 25.7. The molecule has 0 saturated carbocycles. The van der Waals surface area contributed by atoms with Crippen LogP contribution in [-0.2, 0) is 13.0 Å². The number of benzene rings is 2. The van der Waals surface area contributed by atoms with E-state index in [0.717, 1.165) is 10.1 Å². The van der Waals surface area contributed by atoms with Crippen LogP contribution < -0.4 is 15.0 Å². The van der Waals surface area contributed by atoms with Crippen molar-refractivity contribution < 1.29 is 19.5 Å². The summed E-state index contributed by atoms with van der Waals surface area (Å²) in [6.45, 7) is 3.19. The summed E-state index contributed by atoms with van der Waals surface area (Å²) in [7, 11) is 3.04. The van der Waals surface area contributed by atoms with E-state index >= 15 is 0 Å². The Balaban J connectivity index is 1.99. The minimum Gasteiger partial charge on any atom is -0.493 e. The molecule has 11 heteroatoms. The number of aromatic hydroxyl groups is 1. The number of ether oxygens (including phenoxy) is 2. The summed E-state index contributed by atoms with van der Waals surface area (Å²) in [4.78, 5) is 23.6. The second-order valence-electron chi connectivity index (χ2n) is 7.61. The van der Waals surface area contributed by atoms with Crippen molar-refractivity contribution >= 4 is 17.1 Å². The van der Waals surface area contributed by atoms with Crippen LogP contribution in [0.2, 0.25) is 0 Å². The van der Waals surface area contributed by atoms with Crippen LogP contribution in [0.1, 0.15) is 22.3 Å². The molecule has 3 rings (SSSR count). The van der Waals surface area contributed by atoms with Gasteiger partial charge in [-0.05, 0) is 49.6 Å². The lowest BCUT2D eigenvalue weighted by molar-refractivity contribution is -0.384. The quantitative estimate of drug-likeness (QED) is 0.282. The molecule has 0 unspecified atom stereocenters. The van der Waals surface area contributed by atoms with Crippen LogP contribution in [0.15, 0.2) is 51.4 Å². The van der Waals surface area contributed by atoms with E-state index in [1.165, 1.54) is 39.3 Å². The average molecular weight is 477 g/mol. The van der Waals surface area contributed by atoms with Gasteiger partial charge in [0.25, 0.3) is 11.2 Å². The third-order valence-corrected chi connectivity index (χ3v) is 5.49. The molecule has 1 N–H and O–H groups in total. The standard InChI is InChI=1S/C24H23N5O6/c1-14-11-17(29(32)33)6-7-19(14)26-27-22-15(2)18(13-25)23(30)28(24(22)31)10-9-16-5-8-20(34-3)21(12-16)35-4/h5-8,11-12,30H,9-10H2,1-4H3. The highest BCUT2D eigenvalue weighted by Gasteiger charge is 2.19. The van der Waals surface area contributed by atoms with E-state index in [0.29, 0.717) is 29.2 Å². The Morgan fingerprint density at radius 2 is 1.83 bits per heavy atom. The van der Waals surface area contributed by atoms with Crippen LogP contribution in [0.4, 0.5) is 17.1 Å². The third-order valence-electron chi connectivity index (χ3n) is 5.49. The molecule has 3 aromatic rings. The Kier molecular flexibility index (Phi) is 7.46. The first-order valence-corrected chi connectivity index (χ1v) is 10.5. The van der Waals surface area contributed by atoms with Crippen LogP contribution in [0, 0.1) is 35.3 Å². The monoisotopic (exact) mass is 477 g/mol. The van der Waals surface area contributed by atoms with Gasteiger partial charge in [0, 0.05) is 24.2 Å². The van der Waals surface area contributed by atoms with Crippen molar-refractivity contribution in [2.45, 2.75) is 26.8 Å². The first-order valence-electron chi connectivity index (χ1n) is 10.5. The zero-order valence-electron chi connectivity index (χ0n) is 19.6. The number of non-ortho nitro benzene ring substituents is 1. The van der Waals surface area contributed by atoms with E-state index in [2.05, 4.69) is 10.2 Å². The van der Waals surface area contributed by atoms with Crippen molar-refractivity contribution in [1.82, 2.24) is 4.57 Å². The minimum absolute atomic E-state index is 0.0637. The molecule has 1 heterocycles. The molecule has 0 atom stereocenters. The van der Waals surface area contributed by atoms with Crippen molar-refractivity contribution in [2.24, 2.45) is 10.2 Å². The van der Waals surface area contributed by atoms with E-state index in [1.807, 2.05) is 6.07 Å². The number of methoxy groups -OCH3 is 2. The van der Waals surface area contributed by atoms with Gasteiger partial charge in [0.05, 0.1) is 24.8 Å². The minimum atomic E-state index is -0.622. The number of aromatic nitrogens is 1. The number of hydrogen-bond acceptors (Lipinski definition) is 9. The SMILES string of the molecule is COc1ccc(CCn2c(O)c(C#N)c(C)c(N=Nc3ccc([N+](=O)[O-])cc3C)c2=O)cc1OC. The number of azo groups is 1. The Morgan fingerprint density at radius 1 is 1.11 bits per heavy atom. The molecule has 0 aliphatic rings. The number of pyridine rings is 1.